The molecule has 2 heteroatoms. The van der Waals surface area contributed by atoms with Gasteiger partial charge in [0.05, 0.1) is 0 Å². The summed E-state index contributed by atoms with van der Waals surface area (Å²) >= 11 is 0. The molecule has 96 valence electrons. The van der Waals surface area contributed by atoms with E-state index in [1.165, 1.54) is 24.8 Å². The lowest BCUT2D eigenvalue weighted by Gasteiger charge is -2.26. The molecule has 0 aromatic heterocycles. The highest BCUT2D eigenvalue weighted by molar-refractivity contribution is 5.98. The van der Waals surface area contributed by atoms with Crippen LogP contribution in [0.5, 0.6) is 0 Å². The van der Waals surface area contributed by atoms with Crippen molar-refractivity contribution in [3.05, 3.63) is 35.4 Å². The zero-order chi connectivity index (χ0) is 12.4. The lowest BCUT2D eigenvalue weighted by atomic mass is 9.79. The van der Waals surface area contributed by atoms with Crippen LogP contribution < -0.4 is 0 Å². The average Bonchev–Trinajstić information content (AvgIpc) is 2.37. The van der Waals surface area contributed by atoms with Gasteiger partial charge in [0.2, 0.25) is 0 Å². The van der Waals surface area contributed by atoms with Gasteiger partial charge < -0.3 is 4.74 Å². The highest BCUT2D eigenvalue weighted by Crippen LogP contribution is 2.36. The van der Waals surface area contributed by atoms with E-state index >= 15 is 0 Å². The van der Waals surface area contributed by atoms with Crippen molar-refractivity contribution in [1.29, 1.82) is 0 Å². The minimum absolute atomic E-state index is 0.176. The minimum Gasteiger partial charge on any atom is -0.381 e. The van der Waals surface area contributed by atoms with E-state index in [-0.39, 0.29) is 5.92 Å². The molecule has 1 saturated heterocycles. The molecule has 3 rings (SSSR count). The number of ether oxygens (including phenoxy) is 1. The Bertz CT molecular complexity index is 428. The number of ketones is 1. The predicted octanol–water partition coefficient (Wildman–Crippen LogP) is 3.56. The van der Waals surface area contributed by atoms with Gasteiger partial charge in [0.15, 0.2) is 5.78 Å². The number of benzene rings is 1. The van der Waals surface area contributed by atoms with Crippen molar-refractivity contribution < 1.29 is 9.53 Å². The Kier molecular flexibility index (Phi) is 3.46. The molecule has 2 nitrogen and oxygen atoms in total. The summed E-state index contributed by atoms with van der Waals surface area (Å²) in [5, 5.41) is 0. The maximum Gasteiger partial charge on any atom is 0.166 e. The molecule has 0 unspecified atom stereocenters. The quantitative estimate of drug-likeness (QED) is 0.760. The summed E-state index contributed by atoms with van der Waals surface area (Å²) in [5.74, 6) is 1.20. The number of hydrogen-bond acceptors (Lipinski definition) is 2. The van der Waals surface area contributed by atoms with Gasteiger partial charge in [-0.2, -0.15) is 0 Å². The van der Waals surface area contributed by atoms with Crippen molar-refractivity contribution in [2.24, 2.45) is 5.92 Å². The van der Waals surface area contributed by atoms with E-state index in [2.05, 4.69) is 12.1 Å². The summed E-state index contributed by atoms with van der Waals surface area (Å²) in [7, 11) is 0. The summed E-state index contributed by atoms with van der Waals surface area (Å²) in [6.45, 7) is 1.47. The van der Waals surface area contributed by atoms with Crippen molar-refractivity contribution in [1.82, 2.24) is 0 Å². The Labute approximate surface area is 108 Å². The highest BCUT2D eigenvalue weighted by Gasteiger charge is 2.24. The van der Waals surface area contributed by atoms with Gasteiger partial charge in [0, 0.05) is 24.7 Å². The fourth-order valence-electron chi connectivity index (χ4n) is 2.88. The van der Waals surface area contributed by atoms with Crippen LogP contribution in [0, 0.1) is 5.92 Å². The van der Waals surface area contributed by atoms with Gasteiger partial charge >= 0.3 is 0 Å². The van der Waals surface area contributed by atoms with Crippen LogP contribution in [0.25, 0.3) is 0 Å². The lowest BCUT2D eigenvalue weighted by molar-refractivity contribution is 0.0545. The normalized spacial score (nSPS) is 21.6. The van der Waals surface area contributed by atoms with Gasteiger partial charge in [-0.05, 0) is 43.2 Å². The van der Waals surface area contributed by atoms with Crippen LogP contribution in [-0.4, -0.2) is 19.0 Å². The summed E-state index contributed by atoms with van der Waals surface area (Å²) in [6.07, 6.45) is 5.67. The van der Waals surface area contributed by atoms with Crippen molar-refractivity contribution in [3.63, 3.8) is 0 Å². The number of rotatable bonds is 3. The lowest BCUT2D eigenvalue weighted by Crippen LogP contribution is -2.23. The van der Waals surface area contributed by atoms with Gasteiger partial charge in [-0.25, -0.2) is 0 Å². The first-order valence-electron chi connectivity index (χ1n) is 7.06. The molecule has 18 heavy (non-hydrogen) atoms. The molecule has 1 saturated carbocycles. The van der Waals surface area contributed by atoms with Gasteiger partial charge in [-0.15, -0.1) is 0 Å². The Morgan fingerprint density at radius 1 is 1.11 bits per heavy atom. The van der Waals surface area contributed by atoms with Gasteiger partial charge in [-0.1, -0.05) is 24.6 Å². The van der Waals surface area contributed by atoms with Crippen molar-refractivity contribution in [3.8, 4) is 0 Å². The average molecular weight is 244 g/mol. The first-order chi connectivity index (χ1) is 8.84. The van der Waals surface area contributed by atoms with E-state index in [1.807, 2.05) is 12.1 Å². The maximum atomic E-state index is 12.4. The van der Waals surface area contributed by atoms with Gasteiger partial charge in [-0.3, -0.25) is 4.79 Å². The number of carbonyl (C=O) groups excluding carboxylic acids is 1. The van der Waals surface area contributed by atoms with E-state index in [4.69, 9.17) is 4.74 Å². The van der Waals surface area contributed by atoms with Crippen molar-refractivity contribution >= 4 is 5.78 Å². The fraction of sp³-hybridized carbons (Fsp3) is 0.562. The summed E-state index contributed by atoms with van der Waals surface area (Å²) < 4.78 is 5.32. The highest BCUT2D eigenvalue weighted by atomic mass is 16.5. The minimum atomic E-state index is 0.176. The molecule has 0 N–H and O–H groups in total. The Morgan fingerprint density at radius 2 is 1.89 bits per heavy atom. The van der Waals surface area contributed by atoms with Crippen LogP contribution in [0.2, 0.25) is 0 Å². The first-order valence-corrected chi connectivity index (χ1v) is 7.06. The molecule has 1 aliphatic carbocycles. The van der Waals surface area contributed by atoms with E-state index in [1.54, 1.807) is 0 Å². The third kappa shape index (κ3) is 2.35. The molecule has 1 aromatic rings. The van der Waals surface area contributed by atoms with Crippen molar-refractivity contribution in [2.75, 3.05) is 13.2 Å². The van der Waals surface area contributed by atoms with E-state index in [9.17, 15) is 4.79 Å². The number of carbonyl (C=O) groups is 1. The monoisotopic (exact) mass is 244 g/mol. The largest absolute Gasteiger partial charge is 0.381 e. The molecule has 0 bridgehead atoms. The Hall–Kier alpha value is -1.15. The summed E-state index contributed by atoms with van der Waals surface area (Å²) in [5.41, 5.74) is 2.27. The molecule has 1 aliphatic heterocycles. The summed E-state index contributed by atoms with van der Waals surface area (Å²) in [4.78, 5) is 12.4. The second-order valence-electron chi connectivity index (χ2n) is 5.50. The van der Waals surface area contributed by atoms with Crippen LogP contribution in [0.1, 0.15) is 53.9 Å². The van der Waals surface area contributed by atoms with E-state index in [0.717, 1.165) is 31.6 Å². The van der Waals surface area contributed by atoms with Crippen molar-refractivity contribution in [2.45, 2.75) is 38.0 Å². The molecule has 2 aliphatic rings. The molecule has 0 radical (unpaired) electrons. The van der Waals surface area contributed by atoms with Crippen LogP contribution in [0.3, 0.4) is 0 Å². The molecule has 0 atom stereocenters. The number of hydrogen-bond donors (Lipinski definition) is 0. The molecule has 1 heterocycles. The standard InChI is InChI=1S/C16H20O2/c17-16(13-7-9-18-10-8-13)15-6-2-5-14(11-15)12-3-1-4-12/h2,5-6,11-13H,1,3-4,7-10H2. The summed E-state index contributed by atoms with van der Waals surface area (Å²) in [6, 6.07) is 8.31. The molecular formula is C16H20O2. The maximum absolute atomic E-state index is 12.4. The van der Waals surface area contributed by atoms with Gasteiger partial charge in [0.25, 0.3) is 0 Å². The molecule has 2 fully saturated rings. The molecule has 0 spiro atoms. The first kappa shape index (κ1) is 11.9. The second kappa shape index (κ2) is 5.23. The Morgan fingerprint density at radius 3 is 2.56 bits per heavy atom. The van der Waals surface area contributed by atoms with Crippen LogP contribution in [0.4, 0.5) is 0 Å². The van der Waals surface area contributed by atoms with Gasteiger partial charge in [0.1, 0.15) is 0 Å². The molecular weight excluding hydrogens is 224 g/mol. The topological polar surface area (TPSA) is 26.3 Å². The second-order valence-corrected chi connectivity index (χ2v) is 5.50. The zero-order valence-electron chi connectivity index (χ0n) is 10.7. The number of Topliss-reactive ketones (excluding diaryl/α,β-unsaturated/α-hetero) is 1. The Balaban J connectivity index is 1.75. The zero-order valence-corrected chi connectivity index (χ0v) is 10.7. The molecule has 1 aromatic carbocycles. The third-order valence-electron chi connectivity index (χ3n) is 4.34. The predicted molar refractivity (Wildman–Crippen MR) is 70.9 cm³/mol. The fourth-order valence-corrected chi connectivity index (χ4v) is 2.88. The molecule has 0 amide bonds. The van der Waals surface area contributed by atoms with Crippen LogP contribution in [0.15, 0.2) is 24.3 Å². The third-order valence-corrected chi connectivity index (χ3v) is 4.34. The van der Waals surface area contributed by atoms with Crippen LogP contribution in [-0.2, 0) is 4.74 Å². The van der Waals surface area contributed by atoms with Crippen LogP contribution >= 0.6 is 0 Å². The van der Waals surface area contributed by atoms with E-state index < -0.39 is 0 Å². The van der Waals surface area contributed by atoms with E-state index in [0.29, 0.717) is 11.7 Å². The SMILES string of the molecule is O=C(c1cccc(C2CCC2)c1)C1CCOCC1. The smallest absolute Gasteiger partial charge is 0.166 e.